The molecule has 0 fully saturated rings. The van der Waals surface area contributed by atoms with Crippen LogP contribution in [0.4, 0.5) is 0 Å². The first-order chi connectivity index (χ1) is 10.7. The van der Waals surface area contributed by atoms with Crippen LogP contribution in [0.1, 0.15) is 58.3 Å². The highest BCUT2D eigenvalue weighted by atomic mass is 16.5. The van der Waals surface area contributed by atoms with Crippen molar-refractivity contribution in [2.75, 3.05) is 27.7 Å². The molecule has 0 amide bonds. The third-order valence-corrected chi connectivity index (χ3v) is 3.35. The van der Waals surface area contributed by atoms with Crippen molar-refractivity contribution in [2.24, 2.45) is 0 Å². The Hall–Kier alpha value is -1.36. The fraction of sp³-hybridized carbons (Fsp3) is 0.778. The topological polar surface area (TPSA) is 66.4 Å². The number of unbranched alkanes of at least 4 members (excludes halogenated alkanes) is 4. The molecule has 1 unspecified atom stereocenters. The maximum atomic E-state index is 11.8. The van der Waals surface area contributed by atoms with Gasteiger partial charge in [-0.3, -0.25) is 4.79 Å². The zero-order valence-corrected chi connectivity index (χ0v) is 15.2. The number of carboxylic acids is 1. The van der Waals surface area contributed by atoms with Gasteiger partial charge in [-0.15, -0.1) is 0 Å². The maximum Gasteiger partial charge on any atom is 0.306 e. The number of nitrogens with zero attached hydrogens (tertiary/aromatic N) is 1. The predicted octanol–water partition coefficient (Wildman–Crippen LogP) is 2.05. The molecule has 1 atom stereocenters. The first kappa shape index (κ1) is 21.6. The monoisotopic (exact) mass is 327 g/mol. The Bertz CT molecular complexity index is 372. The molecular weight excluding hydrogens is 294 g/mol. The van der Waals surface area contributed by atoms with E-state index in [1.165, 1.54) is 0 Å². The van der Waals surface area contributed by atoms with Crippen molar-refractivity contribution < 1.29 is 23.9 Å². The van der Waals surface area contributed by atoms with E-state index >= 15 is 0 Å². The molecule has 5 heteroatoms. The van der Waals surface area contributed by atoms with E-state index in [-0.39, 0.29) is 12.4 Å². The molecule has 0 N–H and O–H groups in total. The van der Waals surface area contributed by atoms with Gasteiger partial charge >= 0.3 is 5.97 Å². The lowest BCUT2D eigenvalue weighted by Crippen LogP contribution is -2.45. The second kappa shape index (κ2) is 12.1. The van der Waals surface area contributed by atoms with Gasteiger partial charge in [0.1, 0.15) is 6.54 Å². The summed E-state index contributed by atoms with van der Waals surface area (Å²) < 4.78 is 5.85. The highest BCUT2D eigenvalue weighted by molar-refractivity contribution is 5.70. The molecule has 0 radical (unpaired) electrons. The summed E-state index contributed by atoms with van der Waals surface area (Å²) in [4.78, 5) is 22.6. The van der Waals surface area contributed by atoms with E-state index < -0.39 is 12.1 Å². The molecule has 0 saturated carbocycles. The molecule has 0 bridgehead atoms. The normalized spacial score (nSPS) is 13.2. The Morgan fingerprint density at radius 1 is 1.09 bits per heavy atom. The van der Waals surface area contributed by atoms with E-state index in [0.717, 1.165) is 38.5 Å². The second-order valence-corrected chi connectivity index (χ2v) is 6.99. The summed E-state index contributed by atoms with van der Waals surface area (Å²) in [5, 5.41) is 10.8. The molecule has 0 aliphatic heterocycles. The minimum absolute atomic E-state index is 0.245. The standard InChI is InChI=1S/C18H33NO4/c1-5-6-7-8-9-10-11-12-13-18(22)23-16(14-17(20)21)15-19(2,3)4/h6-7,16H,5,8-15H2,1-4H3/b7-6+. The Morgan fingerprint density at radius 3 is 2.30 bits per heavy atom. The quantitative estimate of drug-likeness (QED) is 0.225. The molecule has 0 saturated heterocycles. The maximum absolute atomic E-state index is 11.8. The number of aliphatic carboxylic acids is 1. The molecule has 0 aromatic carbocycles. The van der Waals surface area contributed by atoms with E-state index in [2.05, 4.69) is 19.1 Å². The molecule has 5 nitrogen and oxygen atoms in total. The van der Waals surface area contributed by atoms with Crippen LogP contribution in [0.2, 0.25) is 0 Å². The van der Waals surface area contributed by atoms with Gasteiger partial charge in [-0.2, -0.15) is 0 Å². The highest BCUT2D eigenvalue weighted by Gasteiger charge is 2.22. The third-order valence-electron chi connectivity index (χ3n) is 3.35. The molecule has 0 rings (SSSR count). The van der Waals surface area contributed by atoms with Gasteiger partial charge < -0.3 is 19.1 Å². The van der Waals surface area contributed by atoms with Crippen LogP contribution in [-0.2, 0) is 14.3 Å². The van der Waals surface area contributed by atoms with Gasteiger partial charge in [0, 0.05) is 18.8 Å². The number of carbonyl (C=O) groups excluding carboxylic acids is 2. The van der Waals surface area contributed by atoms with E-state index in [1.54, 1.807) is 0 Å². The lowest BCUT2D eigenvalue weighted by molar-refractivity contribution is -0.873. The van der Waals surface area contributed by atoms with Crippen LogP contribution >= 0.6 is 0 Å². The number of quaternary nitrogens is 1. The number of ether oxygens (including phenoxy) is 1. The van der Waals surface area contributed by atoms with E-state index in [1.807, 2.05) is 21.1 Å². The summed E-state index contributed by atoms with van der Waals surface area (Å²) in [5.41, 5.74) is 0. The Kier molecular flexibility index (Phi) is 11.4. The van der Waals surface area contributed by atoms with E-state index in [0.29, 0.717) is 17.4 Å². The first-order valence-corrected chi connectivity index (χ1v) is 8.59. The lowest BCUT2D eigenvalue weighted by Gasteiger charge is -2.29. The first-order valence-electron chi connectivity index (χ1n) is 8.59. The summed E-state index contributed by atoms with van der Waals surface area (Å²) in [5.74, 6) is -1.49. The molecule has 0 aliphatic carbocycles. The van der Waals surface area contributed by atoms with Crippen molar-refractivity contribution in [3.63, 3.8) is 0 Å². The van der Waals surface area contributed by atoms with Crippen molar-refractivity contribution in [1.29, 1.82) is 0 Å². The van der Waals surface area contributed by atoms with Gasteiger partial charge in [-0.1, -0.05) is 31.9 Å². The average molecular weight is 327 g/mol. The number of likely N-dealkylation sites (N-methyl/N-ethyl adjacent to an activating group) is 1. The number of carboxylic acid groups (broad SMARTS) is 1. The minimum Gasteiger partial charge on any atom is -0.550 e. The SMILES string of the molecule is CC/C=C/CCCCCCC(=O)OC(CC(=O)[O-])C[N+](C)(C)C. The van der Waals surface area contributed by atoms with Crippen LogP contribution < -0.4 is 5.11 Å². The number of hydrogen-bond acceptors (Lipinski definition) is 4. The number of carbonyl (C=O) groups is 2. The number of hydrogen-bond donors (Lipinski definition) is 0. The Morgan fingerprint density at radius 2 is 1.74 bits per heavy atom. The van der Waals surface area contributed by atoms with Crippen molar-refractivity contribution in [3.05, 3.63) is 12.2 Å². The largest absolute Gasteiger partial charge is 0.550 e. The van der Waals surface area contributed by atoms with Crippen LogP contribution in [0, 0.1) is 0 Å². The van der Waals surface area contributed by atoms with Gasteiger partial charge in [-0.25, -0.2) is 0 Å². The summed E-state index contributed by atoms with van der Waals surface area (Å²) >= 11 is 0. The summed E-state index contributed by atoms with van der Waals surface area (Å²) in [6.45, 7) is 2.58. The van der Waals surface area contributed by atoms with Gasteiger partial charge in [0.25, 0.3) is 0 Å². The fourth-order valence-corrected chi connectivity index (χ4v) is 2.35. The van der Waals surface area contributed by atoms with Crippen molar-refractivity contribution >= 4 is 11.9 Å². The molecule has 0 spiro atoms. The molecule has 0 aliphatic rings. The molecule has 0 heterocycles. The fourth-order valence-electron chi connectivity index (χ4n) is 2.35. The zero-order chi connectivity index (χ0) is 17.7. The van der Waals surface area contributed by atoms with Gasteiger partial charge in [0.15, 0.2) is 6.10 Å². The number of esters is 1. The predicted molar refractivity (Wildman–Crippen MR) is 89.5 cm³/mol. The zero-order valence-electron chi connectivity index (χ0n) is 15.2. The third kappa shape index (κ3) is 15.3. The molecule has 0 aromatic rings. The highest BCUT2D eigenvalue weighted by Crippen LogP contribution is 2.10. The second-order valence-electron chi connectivity index (χ2n) is 6.99. The Balaban J connectivity index is 3.94. The van der Waals surface area contributed by atoms with E-state index in [9.17, 15) is 14.7 Å². The number of allylic oxidation sites excluding steroid dienone is 2. The molecular formula is C18H33NO4. The van der Waals surface area contributed by atoms with E-state index in [4.69, 9.17) is 4.74 Å². The van der Waals surface area contributed by atoms with Gasteiger partial charge in [0.05, 0.1) is 21.1 Å². The van der Waals surface area contributed by atoms with Crippen LogP contribution in [0.3, 0.4) is 0 Å². The molecule has 0 aromatic heterocycles. The molecule has 134 valence electrons. The minimum atomic E-state index is -1.18. The lowest BCUT2D eigenvalue weighted by atomic mass is 10.1. The van der Waals surface area contributed by atoms with Crippen LogP contribution in [0.15, 0.2) is 12.2 Å². The van der Waals surface area contributed by atoms with Crippen LogP contribution in [0.25, 0.3) is 0 Å². The summed E-state index contributed by atoms with van der Waals surface area (Å²) in [6.07, 6.45) is 10.0. The molecule has 23 heavy (non-hydrogen) atoms. The Labute approximate surface area is 140 Å². The summed E-state index contributed by atoms with van der Waals surface area (Å²) in [6, 6.07) is 0. The van der Waals surface area contributed by atoms with Gasteiger partial charge in [0.2, 0.25) is 0 Å². The smallest absolute Gasteiger partial charge is 0.306 e. The van der Waals surface area contributed by atoms with Crippen molar-refractivity contribution in [2.45, 2.75) is 64.4 Å². The number of rotatable bonds is 13. The average Bonchev–Trinajstić information content (AvgIpc) is 2.39. The summed E-state index contributed by atoms with van der Waals surface area (Å²) in [7, 11) is 5.80. The van der Waals surface area contributed by atoms with Crippen LogP contribution in [-0.4, -0.2) is 50.2 Å². The van der Waals surface area contributed by atoms with Crippen molar-refractivity contribution in [1.82, 2.24) is 0 Å². The van der Waals surface area contributed by atoms with Crippen molar-refractivity contribution in [3.8, 4) is 0 Å². The van der Waals surface area contributed by atoms with Gasteiger partial charge in [-0.05, 0) is 25.7 Å². The van der Waals surface area contributed by atoms with Crippen LogP contribution in [0.5, 0.6) is 0 Å².